The molecular formula is C81H115N3O24. The van der Waals surface area contributed by atoms with E-state index in [2.05, 4.69) is 44.3 Å². The van der Waals surface area contributed by atoms with E-state index >= 15 is 0 Å². The summed E-state index contributed by atoms with van der Waals surface area (Å²) >= 11 is 0. The molecule has 0 spiro atoms. The largest absolute Gasteiger partial charge is 0.493 e. The van der Waals surface area contributed by atoms with Gasteiger partial charge in [-0.05, 0) is 149 Å². The molecule has 598 valence electrons. The number of piperidine rings is 2. The number of carbonyl (C=O) groups excluding carboxylic acids is 8. The lowest BCUT2D eigenvalue weighted by Gasteiger charge is -2.37. The lowest BCUT2D eigenvalue weighted by molar-refractivity contribution is -0.162. The third-order valence-electron chi connectivity index (χ3n) is 18.1. The lowest BCUT2D eigenvalue weighted by atomic mass is 9.91. The van der Waals surface area contributed by atoms with Gasteiger partial charge in [0, 0.05) is 52.7 Å². The van der Waals surface area contributed by atoms with Crippen LogP contribution in [0.3, 0.4) is 0 Å². The molecule has 27 heteroatoms. The van der Waals surface area contributed by atoms with E-state index in [1.54, 1.807) is 38.4 Å². The van der Waals surface area contributed by atoms with Crippen LogP contribution >= 0.6 is 0 Å². The maximum absolute atomic E-state index is 14.4. The quantitative estimate of drug-likeness (QED) is 0.0244. The molecule has 0 aromatic heterocycles. The summed E-state index contributed by atoms with van der Waals surface area (Å²) in [4.78, 5) is 106. The van der Waals surface area contributed by atoms with Gasteiger partial charge in [-0.15, -0.1) is 0 Å². The third kappa shape index (κ3) is 30.9. The van der Waals surface area contributed by atoms with E-state index in [9.17, 15) is 38.4 Å². The monoisotopic (exact) mass is 1510 g/mol. The first-order valence-corrected chi connectivity index (χ1v) is 37.8. The number of benzene rings is 4. The zero-order chi connectivity index (χ0) is 77.7. The van der Waals surface area contributed by atoms with Gasteiger partial charge >= 0.3 is 5.97 Å². The molecule has 3 heterocycles. The predicted molar refractivity (Wildman–Crippen MR) is 399 cm³/mol. The highest BCUT2D eigenvalue weighted by atomic mass is 16.6. The van der Waals surface area contributed by atoms with Crippen LogP contribution in [0, 0.1) is 20.8 Å². The molecule has 4 atom stereocenters. The number of carbonyl (C=O) groups is 8. The second kappa shape index (κ2) is 51.6. The van der Waals surface area contributed by atoms with Crippen LogP contribution < -0.4 is 24.3 Å². The molecule has 0 bridgehead atoms. The van der Waals surface area contributed by atoms with Crippen molar-refractivity contribution in [3.63, 3.8) is 0 Å². The Bertz CT molecular complexity index is 3400. The minimum absolute atomic E-state index is 0.00923. The predicted octanol–water partition coefficient (Wildman–Crippen LogP) is 9.19. The Labute approximate surface area is 636 Å². The van der Waals surface area contributed by atoms with Gasteiger partial charge in [0.1, 0.15) is 42.9 Å². The number of ketones is 2. The summed E-state index contributed by atoms with van der Waals surface area (Å²) in [6, 6.07) is 20.3. The highest BCUT2D eigenvalue weighted by molar-refractivity contribution is 6.24. The first-order chi connectivity index (χ1) is 52.5. The number of methoxy groups -OCH3 is 3. The lowest BCUT2D eigenvalue weighted by Crippen LogP contribution is -2.54. The van der Waals surface area contributed by atoms with E-state index in [-0.39, 0.29) is 66.8 Å². The number of rotatable bonds is 55. The molecule has 1 N–H and O–H groups in total. The Morgan fingerprint density at radius 2 is 1.10 bits per heavy atom. The number of nitrogens with zero attached hydrogens (tertiary/aromatic N) is 2. The zero-order valence-electron chi connectivity index (χ0n) is 64.6. The number of hydrogen-bond acceptors (Lipinski definition) is 24. The van der Waals surface area contributed by atoms with E-state index in [4.69, 9.17) is 75.8 Å². The van der Waals surface area contributed by atoms with E-state index in [1.165, 1.54) is 23.3 Å². The van der Waals surface area contributed by atoms with E-state index in [1.807, 2.05) is 44.2 Å². The Morgan fingerprint density at radius 3 is 1.65 bits per heavy atom. The van der Waals surface area contributed by atoms with Crippen molar-refractivity contribution in [3.8, 4) is 23.0 Å². The molecule has 7 rings (SSSR count). The zero-order valence-corrected chi connectivity index (χ0v) is 64.6. The van der Waals surface area contributed by atoms with Gasteiger partial charge in [0.05, 0.1) is 150 Å². The number of ether oxygens (including phenoxy) is 16. The Balaban J connectivity index is 0.000000373. The maximum Gasteiger partial charge on any atom is 0.329 e. The number of hydrogen-bond donors (Lipinski definition) is 1. The number of Topliss-reactive ketones (excluding diaryl/α,β-unsaturated/α-hetero) is 2. The molecule has 108 heavy (non-hydrogen) atoms. The van der Waals surface area contributed by atoms with Crippen LogP contribution in [0.15, 0.2) is 72.8 Å². The maximum atomic E-state index is 14.4. The first-order valence-electron chi connectivity index (χ1n) is 37.8. The van der Waals surface area contributed by atoms with Gasteiger partial charge in [0.25, 0.3) is 11.8 Å². The van der Waals surface area contributed by atoms with Crippen molar-refractivity contribution in [1.29, 1.82) is 0 Å². The Hall–Kier alpha value is -7.80. The molecule has 2 unspecified atom stereocenters. The van der Waals surface area contributed by atoms with Crippen molar-refractivity contribution in [3.05, 3.63) is 117 Å². The number of likely N-dealkylation sites (tertiary alicyclic amines) is 1. The van der Waals surface area contributed by atoms with Crippen molar-refractivity contribution in [2.45, 2.75) is 142 Å². The van der Waals surface area contributed by atoms with Gasteiger partial charge in [-0.3, -0.25) is 43.8 Å². The summed E-state index contributed by atoms with van der Waals surface area (Å²) in [6.45, 7) is 20.6. The highest BCUT2D eigenvalue weighted by Crippen LogP contribution is 2.38. The van der Waals surface area contributed by atoms with Crippen molar-refractivity contribution < 1.29 is 114 Å². The summed E-state index contributed by atoms with van der Waals surface area (Å²) in [5.74, 6) is -1.92. The molecule has 4 aromatic carbocycles. The molecule has 3 aliphatic heterocycles. The van der Waals surface area contributed by atoms with Crippen LogP contribution in [0.4, 0.5) is 0 Å². The number of esters is 1. The number of imide groups is 2. The van der Waals surface area contributed by atoms with Gasteiger partial charge in [-0.25, -0.2) is 4.79 Å². The number of aryl methyl sites for hydroxylation is 4. The Morgan fingerprint density at radius 1 is 0.537 bits per heavy atom. The molecule has 3 aliphatic rings. The van der Waals surface area contributed by atoms with Gasteiger partial charge in [-0.1, -0.05) is 56.3 Å². The van der Waals surface area contributed by atoms with Crippen LogP contribution in [0.25, 0.3) is 0 Å². The van der Waals surface area contributed by atoms with E-state index in [0.29, 0.717) is 201 Å². The highest BCUT2D eigenvalue weighted by Gasteiger charge is 2.46. The standard InChI is InChI=1S/C52H75NO13.C29H40N2O11/c1-8-46(43-34-40(4)50(59-7)49(36-43)58-6)51(55)53-21-10-9-16-47(53)52(56)66-48(20-19-41-18-17-38(2)39(3)33-41)42-13-11-15-45(35-42)65-37-44(54)14-12-22-60-25-26-62-29-30-64-32-31-63-28-27-61-24-23-57-5;1-2-10-37-12-14-39-16-18-41-19-17-40-15-13-38-11-4-5-21(32)20-42-24-7-3-6-22-26(24)29(36)31(28(22)35)23-8-9-25(33)30-27(23)34/h11,13,15,17-18,33-36,46-48H,8-10,12,14,16,19-32,37H2,1-7H3;3,6-7,23H,2,4-5,8-20H2,1H3,(H,30,33,34)/t46-,47-,48?;/m0./s1. The molecule has 0 saturated carbocycles. The average molecular weight is 1510 g/mol. The molecule has 2 fully saturated rings. The van der Waals surface area contributed by atoms with Gasteiger partial charge in [0.15, 0.2) is 23.1 Å². The fourth-order valence-corrected chi connectivity index (χ4v) is 12.2. The molecular weight excluding hydrogens is 1400 g/mol. The average Bonchev–Trinajstić information content (AvgIpc) is 1.59. The summed E-state index contributed by atoms with van der Waals surface area (Å²) in [7, 11) is 4.82. The van der Waals surface area contributed by atoms with Crippen molar-refractivity contribution >= 4 is 47.1 Å². The molecule has 0 radical (unpaired) electrons. The minimum Gasteiger partial charge on any atom is -0.493 e. The number of fused-ring (bicyclic) bond motifs is 1. The topological polar surface area (TPSA) is 303 Å². The summed E-state index contributed by atoms with van der Waals surface area (Å²) in [5, 5.41) is 2.16. The van der Waals surface area contributed by atoms with Crippen LogP contribution in [0.2, 0.25) is 0 Å². The Kier molecular flexibility index (Phi) is 42.5. The normalized spacial score (nSPS) is 15.4. The number of nitrogens with one attached hydrogen (secondary N) is 1. The first kappa shape index (κ1) is 89.1. The van der Waals surface area contributed by atoms with Crippen molar-refractivity contribution in [2.24, 2.45) is 0 Å². The molecule has 0 aliphatic carbocycles. The molecule has 2 saturated heterocycles. The minimum atomic E-state index is -1.07. The molecule has 27 nitrogen and oxygen atoms in total. The second-order valence-electron chi connectivity index (χ2n) is 26.1. The summed E-state index contributed by atoms with van der Waals surface area (Å²) < 4.78 is 88.6. The van der Waals surface area contributed by atoms with E-state index < -0.39 is 53.7 Å². The second-order valence-corrected chi connectivity index (χ2v) is 26.1. The fraction of sp³-hybridized carbons (Fsp3) is 0.605. The van der Waals surface area contributed by atoms with Crippen LogP contribution in [-0.2, 0) is 92.0 Å². The van der Waals surface area contributed by atoms with Gasteiger partial charge in [0.2, 0.25) is 17.7 Å². The van der Waals surface area contributed by atoms with Crippen LogP contribution in [-0.4, -0.2) is 249 Å². The number of amides is 5. The SMILES string of the molecule is CCCOCCOCCOCCOCCOCCCC(=O)COc1cccc2c1C(=O)N(C1CCC(=O)NC1=O)C2=O.CC[C@H](C(=O)N1CCCC[C@H]1C(=O)OC(CCc1ccc(C)c(C)c1)c1cccc(OCC(=O)CCCOCCOCCOCCOCCOCCOC)c1)c1cc(C)c(OC)c(OC)c1. The van der Waals surface area contributed by atoms with Crippen LogP contribution in [0.1, 0.15) is 157 Å². The molecule has 5 amide bonds. The van der Waals surface area contributed by atoms with Crippen molar-refractivity contribution in [1.82, 2.24) is 15.1 Å². The van der Waals surface area contributed by atoms with Crippen LogP contribution in [0.5, 0.6) is 23.0 Å². The third-order valence-corrected chi connectivity index (χ3v) is 18.1. The fourth-order valence-electron chi connectivity index (χ4n) is 12.2. The van der Waals surface area contributed by atoms with Gasteiger partial charge < -0.3 is 80.7 Å². The summed E-state index contributed by atoms with van der Waals surface area (Å²) in [5.41, 5.74) is 6.08. The van der Waals surface area contributed by atoms with Crippen molar-refractivity contribution in [2.75, 3.05) is 180 Å². The van der Waals surface area contributed by atoms with Gasteiger partial charge in [-0.2, -0.15) is 0 Å². The smallest absolute Gasteiger partial charge is 0.329 e. The van der Waals surface area contributed by atoms with E-state index in [0.717, 1.165) is 53.0 Å². The molecule has 4 aromatic rings. The summed E-state index contributed by atoms with van der Waals surface area (Å²) in [6.07, 6.45) is 5.88.